The first-order valence-electron chi connectivity index (χ1n) is 15.1. The van der Waals surface area contributed by atoms with Gasteiger partial charge in [0, 0.05) is 25.3 Å². The molecule has 2 aromatic heterocycles. The van der Waals surface area contributed by atoms with Crippen molar-refractivity contribution in [3.05, 3.63) is 53.6 Å². The van der Waals surface area contributed by atoms with Gasteiger partial charge in [-0.25, -0.2) is 9.78 Å². The zero-order chi connectivity index (χ0) is 32.2. The average molecular weight is 613 g/mol. The van der Waals surface area contributed by atoms with Crippen molar-refractivity contribution in [1.82, 2.24) is 15.2 Å². The molecular weight excluding hydrogens is 580 g/mol. The molecule has 0 saturated carbocycles. The van der Waals surface area contributed by atoms with Crippen LogP contribution in [0, 0.1) is 6.92 Å². The van der Waals surface area contributed by atoms with Crippen LogP contribution in [0.15, 0.2) is 43.1 Å². The van der Waals surface area contributed by atoms with E-state index in [2.05, 4.69) is 61.4 Å². The maximum Gasteiger partial charge on any atom is 0.331 e. The Hall–Kier alpha value is -4.38. The number of rotatable bonds is 6. The van der Waals surface area contributed by atoms with E-state index >= 15 is 0 Å². The van der Waals surface area contributed by atoms with Crippen molar-refractivity contribution < 1.29 is 19.1 Å². The lowest BCUT2D eigenvalue weighted by Crippen LogP contribution is -2.54. The average Bonchev–Trinajstić information content (AvgIpc) is 3.41. The van der Waals surface area contributed by atoms with E-state index in [4.69, 9.17) is 4.74 Å². The largest absolute Gasteiger partial charge is 0.459 e. The zero-order valence-corrected chi connectivity index (χ0v) is 27.3. The Bertz CT molecular complexity index is 1900. The van der Waals surface area contributed by atoms with Gasteiger partial charge in [-0.05, 0) is 55.7 Å². The summed E-state index contributed by atoms with van der Waals surface area (Å²) in [5.74, 6) is 1.10. The number of hydrogen-bond donors (Lipinski definition) is 2. The molecule has 2 N–H and O–H groups in total. The van der Waals surface area contributed by atoms with E-state index in [0.717, 1.165) is 40.5 Å². The highest BCUT2D eigenvalue weighted by molar-refractivity contribution is 7.21. The minimum atomic E-state index is -0.365. The first-order chi connectivity index (χ1) is 21.5. The van der Waals surface area contributed by atoms with Crippen LogP contribution in [0.1, 0.15) is 28.1 Å². The number of pyridine rings is 1. The van der Waals surface area contributed by atoms with Crippen molar-refractivity contribution in [1.29, 1.82) is 0 Å². The summed E-state index contributed by atoms with van der Waals surface area (Å²) < 4.78 is 6.44. The van der Waals surface area contributed by atoms with E-state index in [9.17, 15) is 14.4 Å². The van der Waals surface area contributed by atoms with E-state index in [1.54, 1.807) is 22.1 Å². The third-order valence-electron chi connectivity index (χ3n) is 9.26. The van der Waals surface area contributed by atoms with Crippen molar-refractivity contribution in [2.24, 2.45) is 0 Å². The van der Waals surface area contributed by atoms with Crippen LogP contribution >= 0.6 is 11.3 Å². The predicted octanol–water partition coefficient (Wildman–Crippen LogP) is -2.72. The number of thiophene rings is 1. The van der Waals surface area contributed by atoms with Crippen LogP contribution < -0.4 is 47.6 Å². The molecule has 4 amide bonds. The summed E-state index contributed by atoms with van der Waals surface area (Å²) in [5.41, 5.74) is 8.61. The van der Waals surface area contributed by atoms with Gasteiger partial charge in [-0.1, -0.05) is 28.4 Å². The first-order valence-corrected chi connectivity index (χ1v) is 15.9. The highest BCUT2D eigenvalue weighted by Crippen LogP contribution is 2.46. The van der Waals surface area contributed by atoms with Crippen molar-refractivity contribution in [3.63, 3.8) is 0 Å². The lowest BCUT2D eigenvalue weighted by Gasteiger charge is -2.32. The molecule has 9 nitrogen and oxygen atoms in total. The van der Waals surface area contributed by atoms with Crippen molar-refractivity contribution in [3.8, 4) is 11.5 Å². The Kier molecular flexibility index (Phi) is 8.07. The fourth-order valence-electron chi connectivity index (χ4n) is 6.34. The monoisotopic (exact) mass is 613 g/mol. The number of hydrogen-bond acceptors (Lipinski definition) is 6. The summed E-state index contributed by atoms with van der Waals surface area (Å²) in [6, 6.07) is 6.95. The zero-order valence-electron chi connectivity index (χ0n) is 26.5. The Balaban J connectivity index is 1.30. The normalized spacial score (nSPS) is 15.9. The SMILES string of the molecule is Bc1c(B)c(B)c(Oc2ccc(N3C(=O)Nc4c(C(=O)N[C@@H]5CCCN(C(=O)C=C)C5)sc5nccc3c45)c(C)c2)c(B)c1B. The van der Waals surface area contributed by atoms with Crippen molar-refractivity contribution in [2.45, 2.75) is 25.8 Å². The number of amides is 4. The van der Waals surface area contributed by atoms with Crippen LogP contribution in [0.5, 0.6) is 11.5 Å². The van der Waals surface area contributed by atoms with E-state index < -0.39 is 0 Å². The predicted molar refractivity (Wildman–Crippen MR) is 197 cm³/mol. The van der Waals surface area contributed by atoms with Crippen LogP contribution in [-0.2, 0) is 4.79 Å². The number of aromatic nitrogens is 1. The molecule has 0 bridgehead atoms. The minimum absolute atomic E-state index is 0.146. The second-order valence-corrected chi connectivity index (χ2v) is 12.9. The molecule has 222 valence electrons. The Morgan fingerprint density at radius 2 is 1.80 bits per heavy atom. The number of nitrogens with zero attached hydrogens (tertiary/aromatic N) is 3. The molecule has 4 aromatic rings. The summed E-state index contributed by atoms with van der Waals surface area (Å²) in [7, 11) is 10.5. The van der Waals surface area contributed by atoms with Gasteiger partial charge in [-0.3, -0.25) is 14.5 Å². The summed E-state index contributed by atoms with van der Waals surface area (Å²) >= 11 is 1.24. The quantitative estimate of drug-likeness (QED) is 0.182. The fourth-order valence-corrected chi connectivity index (χ4v) is 7.36. The number of aryl methyl sites for hydroxylation is 1. The van der Waals surface area contributed by atoms with Gasteiger partial charge in [0.15, 0.2) is 0 Å². The minimum Gasteiger partial charge on any atom is -0.459 e. The number of urea groups is 1. The number of carbonyl (C=O) groups excluding carboxylic acids is 3. The second-order valence-electron chi connectivity index (χ2n) is 11.9. The Morgan fingerprint density at radius 3 is 2.49 bits per heavy atom. The molecule has 0 spiro atoms. The Morgan fingerprint density at radius 1 is 1.09 bits per heavy atom. The number of likely N-dealkylation sites (tertiary alicyclic amines) is 1. The summed E-state index contributed by atoms with van der Waals surface area (Å²) in [4.78, 5) is 48.3. The second kappa shape index (κ2) is 11.9. The van der Waals surface area contributed by atoms with E-state index in [1.165, 1.54) is 33.8 Å². The van der Waals surface area contributed by atoms with Crippen LogP contribution in [-0.4, -0.2) is 86.1 Å². The maximum absolute atomic E-state index is 13.7. The highest BCUT2D eigenvalue weighted by Gasteiger charge is 2.34. The van der Waals surface area contributed by atoms with Crippen molar-refractivity contribution >= 4 is 123 Å². The number of ether oxygens (including phenoxy) is 1. The van der Waals surface area contributed by atoms with Gasteiger partial charge in [0.2, 0.25) is 5.91 Å². The topological polar surface area (TPSA) is 104 Å². The summed E-state index contributed by atoms with van der Waals surface area (Å²) in [6.45, 7) is 6.58. The number of nitrogens with one attached hydrogen (secondary N) is 2. The molecule has 0 aliphatic carbocycles. The highest BCUT2D eigenvalue weighted by atomic mass is 32.1. The molecule has 2 aliphatic heterocycles. The van der Waals surface area contributed by atoms with E-state index in [-0.39, 0.29) is 23.9 Å². The summed E-state index contributed by atoms with van der Waals surface area (Å²) in [6.07, 6.45) is 4.50. The lowest BCUT2D eigenvalue weighted by molar-refractivity contribution is -0.127. The third-order valence-corrected chi connectivity index (χ3v) is 10.4. The van der Waals surface area contributed by atoms with Crippen LogP contribution in [0.25, 0.3) is 10.2 Å². The molecule has 15 heteroatoms. The molecule has 0 unspecified atom stereocenters. The van der Waals surface area contributed by atoms with Crippen LogP contribution in [0.3, 0.4) is 0 Å². The van der Waals surface area contributed by atoms with Gasteiger partial charge < -0.3 is 20.3 Å². The van der Waals surface area contributed by atoms with E-state index in [0.29, 0.717) is 45.6 Å². The molecule has 1 fully saturated rings. The standard InChI is InChI=1S/C30H32B5N5O4S/c1-3-18(41)39-10-4-5-14(12-39)37-28(42)27-25-19-17(8-9-36-29(19)45-27)40(30(43)38-25)16-7-6-15(11-13(16)2)44-26-23(34)21(32)20(31)22(33)24(26)35/h3,6-9,11,14H,1,4-5,10,12,31-35H2,2H3,(H,37,42)(H,38,43)/t14-/m1/s1. The molecule has 45 heavy (non-hydrogen) atoms. The maximum atomic E-state index is 13.7. The third kappa shape index (κ3) is 5.33. The molecule has 1 atom stereocenters. The molecule has 6 rings (SSSR count). The van der Waals surface area contributed by atoms with Crippen LogP contribution in [0.4, 0.5) is 21.9 Å². The molecule has 4 heterocycles. The molecule has 2 aliphatic rings. The number of piperidine rings is 1. The Labute approximate surface area is 270 Å². The fraction of sp³-hybridized carbons (Fsp3) is 0.200. The van der Waals surface area contributed by atoms with Gasteiger partial charge in [-0.2, -0.15) is 0 Å². The van der Waals surface area contributed by atoms with Gasteiger partial charge in [0.05, 0.1) is 22.4 Å². The number of carbonyl (C=O) groups is 3. The molecule has 0 radical (unpaired) electrons. The van der Waals surface area contributed by atoms with Crippen molar-refractivity contribution in [2.75, 3.05) is 23.3 Å². The van der Waals surface area contributed by atoms with Gasteiger partial charge in [0.1, 0.15) is 60.4 Å². The smallest absolute Gasteiger partial charge is 0.331 e. The lowest BCUT2D eigenvalue weighted by atomic mass is 9.62. The number of anilines is 3. The first kappa shape index (κ1) is 30.6. The van der Waals surface area contributed by atoms with Gasteiger partial charge in [-0.15, -0.1) is 16.8 Å². The number of benzene rings is 2. The molecule has 1 saturated heterocycles. The van der Waals surface area contributed by atoms with Crippen LogP contribution in [0.2, 0.25) is 0 Å². The van der Waals surface area contributed by atoms with Gasteiger partial charge in [0.25, 0.3) is 5.91 Å². The van der Waals surface area contributed by atoms with E-state index in [1.807, 2.05) is 25.1 Å². The summed E-state index contributed by atoms with van der Waals surface area (Å²) in [5, 5.41) is 6.77. The van der Waals surface area contributed by atoms with Gasteiger partial charge >= 0.3 is 6.03 Å². The molecular formula is C30H32B5N5O4S. The molecule has 2 aromatic carbocycles.